The molecule has 1 heterocycles. The summed E-state index contributed by atoms with van der Waals surface area (Å²) in [6.45, 7) is 4.46. The Hall–Kier alpha value is -3.80. The van der Waals surface area contributed by atoms with E-state index in [4.69, 9.17) is 16.7 Å². The molecular weight excluding hydrogens is 448 g/mol. The molecule has 1 aliphatic rings. The molecule has 0 saturated heterocycles. The maximum Gasteiger partial charge on any atom is 0.0831 e. The largest absolute Gasteiger partial charge is 0.257 e. The molecular formula is C32H27ClN2. The molecule has 0 bridgehead atoms. The van der Waals surface area contributed by atoms with E-state index in [1.165, 1.54) is 11.1 Å². The number of nitrogens with zero attached hydrogens (tertiary/aromatic N) is 2. The molecule has 4 aromatic carbocycles. The number of anilines is 1. The second-order valence-electron chi connectivity index (χ2n) is 9.10. The van der Waals surface area contributed by atoms with Crippen LogP contribution in [0.2, 0.25) is 5.02 Å². The molecule has 172 valence electrons. The van der Waals surface area contributed by atoms with Gasteiger partial charge in [-0.15, -0.1) is 0 Å². The zero-order valence-electron chi connectivity index (χ0n) is 19.9. The van der Waals surface area contributed by atoms with Gasteiger partial charge in [0.1, 0.15) is 0 Å². The monoisotopic (exact) mass is 474 g/mol. The van der Waals surface area contributed by atoms with Crippen LogP contribution in [0.25, 0.3) is 0 Å². The lowest BCUT2D eigenvalue weighted by atomic mass is 9.95. The van der Waals surface area contributed by atoms with Gasteiger partial charge in [-0.1, -0.05) is 91.9 Å². The summed E-state index contributed by atoms with van der Waals surface area (Å²) < 4.78 is 0. The van der Waals surface area contributed by atoms with Crippen molar-refractivity contribution < 1.29 is 0 Å². The maximum absolute atomic E-state index is 5.96. The minimum absolute atomic E-state index is 0.165. The Kier molecular flexibility index (Phi) is 6.70. The lowest BCUT2D eigenvalue weighted by Crippen LogP contribution is -2.18. The van der Waals surface area contributed by atoms with Crippen LogP contribution in [0.1, 0.15) is 60.0 Å². The summed E-state index contributed by atoms with van der Waals surface area (Å²) in [5, 5.41) is 7.96. The van der Waals surface area contributed by atoms with E-state index < -0.39 is 0 Å². The van der Waals surface area contributed by atoms with E-state index >= 15 is 0 Å². The third-order valence-electron chi connectivity index (χ3n) is 6.33. The van der Waals surface area contributed by atoms with E-state index in [0.717, 1.165) is 39.5 Å². The van der Waals surface area contributed by atoms with Crippen LogP contribution in [-0.4, -0.2) is 5.71 Å². The molecule has 0 aliphatic carbocycles. The normalized spacial score (nSPS) is 15.0. The molecule has 0 N–H and O–H groups in total. The van der Waals surface area contributed by atoms with E-state index in [9.17, 15) is 0 Å². The van der Waals surface area contributed by atoms with Gasteiger partial charge >= 0.3 is 0 Å². The summed E-state index contributed by atoms with van der Waals surface area (Å²) in [6.07, 6.45) is 0.853. The van der Waals surface area contributed by atoms with Crippen LogP contribution in [0.3, 0.4) is 0 Å². The standard InChI is InChI=1S/C32H27ClN2/c1-23(2)26-16-18-28(19-17-26)32-22-31(34-35(32)30-6-4-3-5-7-30)27-14-10-24(11-15-27)8-9-25-12-20-29(33)21-13-25/h3-7,10-21,23,32H,22H2,1-2H3. The molecule has 0 saturated carbocycles. The quantitative estimate of drug-likeness (QED) is 0.272. The number of hydrogen-bond donors (Lipinski definition) is 0. The summed E-state index contributed by atoms with van der Waals surface area (Å²) in [4.78, 5) is 0. The van der Waals surface area contributed by atoms with Crippen LogP contribution >= 0.6 is 11.6 Å². The van der Waals surface area contributed by atoms with Gasteiger partial charge in [0.25, 0.3) is 0 Å². The first-order valence-corrected chi connectivity index (χ1v) is 12.3. The van der Waals surface area contributed by atoms with Crippen molar-refractivity contribution in [1.82, 2.24) is 0 Å². The van der Waals surface area contributed by atoms with Crippen molar-refractivity contribution in [1.29, 1.82) is 0 Å². The highest BCUT2D eigenvalue weighted by atomic mass is 35.5. The summed E-state index contributed by atoms with van der Waals surface area (Å²) in [5.74, 6) is 6.96. The van der Waals surface area contributed by atoms with Crippen LogP contribution in [0.4, 0.5) is 5.69 Å². The summed E-state index contributed by atoms with van der Waals surface area (Å²) >= 11 is 5.96. The highest BCUT2D eigenvalue weighted by molar-refractivity contribution is 6.30. The van der Waals surface area contributed by atoms with Crippen molar-refractivity contribution in [3.8, 4) is 11.8 Å². The molecule has 1 atom stereocenters. The predicted molar refractivity (Wildman–Crippen MR) is 147 cm³/mol. The number of hydrazone groups is 1. The van der Waals surface area contributed by atoms with E-state index in [1.807, 2.05) is 30.3 Å². The number of halogens is 1. The van der Waals surface area contributed by atoms with Crippen molar-refractivity contribution >= 4 is 23.0 Å². The number of hydrogen-bond acceptors (Lipinski definition) is 2. The molecule has 1 aliphatic heterocycles. The second kappa shape index (κ2) is 10.2. The SMILES string of the molecule is CC(C)c1ccc(C2CC(c3ccc(C#Cc4ccc(Cl)cc4)cc3)=NN2c2ccccc2)cc1. The smallest absolute Gasteiger partial charge is 0.0831 e. The van der Waals surface area contributed by atoms with Crippen LogP contribution < -0.4 is 5.01 Å². The Morgan fingerprint density at radius 2 is 1.37 bits per heavy atom. The second-order valence-corrected chi connectivity index (χ2v) is 9.54. The molecule has 0 fully saturated rings. The highest BCUT2D eigenvalue weighted by Crippen LogP contribution is 2.37. The highest BCUT2D eigenvalue weighted by Gasteiger charge is 2.29. The van der Waals surface area contributed by atoms with E-state index in [-0.39, 0.29) is 6.04 Å². The lowest BCUT2D eigenvalue weighted by Gasteiger charge is -2.24. The molecule has 1 unspecified atom stereocenters. The number of benzene rings is 4. The zero-order chi connectivity index (χ0) is 24.2. The molecule has 2 nitrogen and oxygen atoms in total. The topological polar surface area (TPSA) is 15.6 Å². The van der Waals surface area contributed by atoms with Gasteiger partial charge in [-0.05, 0) is 71.1 Å². The van der Waals surface area contributed by atoms with Gasteiger partial charge in [0.05, 0.1) is 17.4 Å². The van der Waals surface area contributed by atoms with Gasteiger partial charge in [0, 0.05) is 22.6 Å². The molecule has 4 aromatic rings. The summed E-state index contributed by atoms with van der Waals surface area (Å²) in [6, 6.07) is 35.5. The van der Waals surface area contributed by atoms with Crippen LogP contribution in [-0.2, 0) is 0 Å². The van der Waals surface area contributed by atoms with Crippen molar-refractivity contribution in [2.24, 2.45) is 5.10 Å². The predicted octanol–water partition coefficient (Wildman–Crippen LogP) is 8.22. The minimum Gasteiger partial charge on any atom is -0.257 e. The van der Waals surface area contributed by atoms with Crippen LogP contribution in [0.5, 0.6) is 0 Å². The van der Waals surface area contributed by atoms with E-state index in [0.29, 0.717) is 5.92 Å². The molecule has 0 aromatic heterocycles. The Labute approximate surface area is 212 Å². The average molecular weight is 475 g/mol. The molecule has 0 amide bonds. The molecule has 0 radical (unpaired) electrons. The minimum atomic E-state index is 0.165. The Morgan fingerprint density at radius 3 is 1.97 bits per heavy atom. The Bertz CT molecular complexity index is 1370. The van der Waals surface area contributed by atoms with Crippen LogP contribution in [0, 0.1) is 11.8 Å². The third-order valence-corrected chi connectivity index (χ3v) is 6.58. The number of para-hydroxylation sites is 1. The maximum atomic E-state index is 5.96. The van der Waals surface area contributed by atoms with E-state index in [2.05, 4.69) is 103 Å². The zero-order valence-corrected chi connectivity index (χ0v) is 20.7. The van der Waals surface area contributed by atoms with Gasteiger partial charge in [-0.2, -0.15) is 5.10 Å². The van der Waals surface area contributed by atoms with Gasteiger partial charge in [0.15, 0.2) is 0 Å². The summed E-state index contributed by atoms with van der Waals surface area (Å²) in [5.41, 5.74) is 7.88. The van der Waals surface area contributed by atoms with Gasteiger partial charge < -0.3 is 0 Å². The van der Waals surface area contributed by atoms with Gasteiger partial charge in [0.2, 0.25) is 0 Å². The molecule has 5 rings (SSSR count). The van der Waals surface area contributed by atoms with Crippen molar-refractivity contribution in [3.63, 3.8) is 0 Å². The van der Waals surface area contributed by atoms with Crippen molar-refractivity contribution in [2.45, 2.75) is 32.2 Å². The molecule has 3 heteroatoms. The fourth-order valence-corrected chi connectivity index (χ4v) is 4.42. The average Bonchev–Trinajstić information content (AvgIpc) is 3.35. The first-order valence-electron chi connectivity index (χ1n) is 12.0. The third kappa shape index (κ3) is 5.32. The fraction of sp³-hybridized carbons (Fsp3) is 0.156. The Morgan fingerprint density at radius 1 is 0.771 bits per heavy atom. The Balaban J connectivity index is 1.40. The molecule has 35 heavy (non-hydrogen) atoms. The fourth-order valence-electron chi connectivity index (χ4n) is 4.29. The first kappa shape index (κ1) is 23.0. The van der Waals surface area contributed by atoms with Crippen LogP contribution in [0.15, 0.2) is 108 Å². The van der Waals surface area contributed by atoms with Crippen molar-refractivity contribution in [3.05, 3.63) is 136 Å². The molecule has 0 spiro atoms. The van der Waals surface area contributed by atoms with E-state index in [1.54, 1.807) is 0 Å². The van der Waals surface area contributed by atoms with Gasteiger partial charge in [-0.3, -0.25) is 5.01 Å². The summed E-state index contributed by atoms with van der Waals surface area (Å²) in [7, 11) is 0. The van der Waals surface area contributed by atoms with Crippen molar-refractivity contribution in [2.75, 3.05) is 5.01 Å². The number of rotatable bonds is 4. The first-order chi connectivity index (χ1) is 17.1. The van der Waals surface area contributed by atoms with Gasteiger partial charge in [-0.25, -0.2) is 0 Å². The lowest BCUT2D eigenvalue weighted by molar-refractivity contribution is 0.707.